The van der Waals surface area contributed by atoms with Gasteiger partial charge in [-0.1, -0.05) is 59.5 Å². The summed E-state index contributed by atoms with van der Waals surface area (Å²) in [4.78, 5) is 4.76. The Morgan fingerprint density at radius 3 is 2.57 bits per heavy atom. The second kappa shape index (κ2) is 10.3. The molecule has 1 atom stereocenters. The van der Waals surface area contributed by atoms with Gasteiger partial charge in [0.1, 0.15) is 11.5 Å². The molecule has 5 heteroatoms. The lowest BCUT2D eigenvalue weighted by Crippen LogP contribution is -2.35. The van der Waals surface area contributed by atoms with Gasteiger partial charge < -0.3 is 15.2 Å². The van der Waals surface area contributed by atoms with E-state index in [0.29, 0.717) is 17.7 Å². The van der Waals surface area contributed by atoms with E-state index in [-0.39, 0.29) is 5.75 Å². The number of nitrogens with zero attached hydrogens (tertiary/aromatic N) is 1. The molecule has 0 unspecified atom stereocenters. The fourth-order valence-corrected chi connectivity index (χ4v) is 5.32. The highest BCUT2D eigenvalue weighted by Crippen LogP contribution is 2.41. The molecule has 0 spiro atoms. The summed E-state index contributed by atoms with van der Waals surface area (Å²) < 4.78 is 6.57. The van der Waals surface area contributed by atoms with Crippen molar-refractivity contribution in [1.82, 2.24) is 10.3 Å². The lowest BCUT2D eigenvalue weighted by molar-refractivity contribution is 0.271. The Morgan fingerprint density at radius 2 is 1.83 bits per heavy atom. The van der Waals surface area contributed by atoms with E-state index in [0.717, 1.165) is 51.9 Å². The summed E-state index contributed by atoms with van der Waals surface area (Å²) in [7, 11) is 0. The maximum Gasteiger partial charge on any atom is 0.138 e. The topological polar surface area (TPSA) is 54.4 Å². The first kappa shape index (κ1) is 23.7. The average Bonchev–Trinajstić information content (AvgIpc) is 2.83. The van der Waals surface area contributed by atoms with Crippen LogP contribution in [0.4, 0.5) is 0 Å². The molecule has 4 aromatic rings. The van der Waals surface area contributed by atoms with Crippen molar-refractivity contribution in [2.24, 2.45) is 0 Å². The molecule has 3 aromatic carbocycles. The van der Waals surface area contributed by atoms with Crippen molar-refractivity contribution in [3.8, 4) is 33.8 Å². The molecule has 4 nitrogen and oxygen atoms in total. The highest BCUT2D eigenvalue weighted by molar-refractivity contribution is 6.34. The van der Waals surface area contributed by atoms with Crippen molar-refractivity contribution in [3.05, 3.63) is 76.9 Å². The Hall–Kier alpha value is -3.08. The van der Waals surface area contributed by atoms with Crippen LogP contribution in [0.2, 0.25) is 5.02 Å². The van der Waals surface area contributed by atoms with Crippen LogP contribution in [0.15, 0.2) is 60.8 Å². The van der Waals surface area contributed by atoms with Crippen molar-refractivity contribution in [2.45, 2.75) is 45.6 Å². The third-order valence-electron chi connectivity index (χ3n) is 6.72. The Kier molecular flexibility index (Phi) is 6.94. The number of benzene rings is 3. The number of rotatable bonds is 6. The van der Waals surface area contributed by atoms with Crippen LogP contribution in [0.3, 0.4) is 0 Å². The minimum Gasteiger partial charge on any atom is -0.508 e. The van der Waals surface area contributed by atoms with Crippen LogP contribution in [0, 0.1) is 13.8 Å². The smallest absolute Gasteiger partial charge is 0.138 e. The van der Waals surface area contributed by atoms with E-state index >= 15 is 0 Å². The second-order valence-electron chi connectivity index (χ2n) is 9.56. The first-order chi connectivity index (χ1) is 17.0. The van der Waals surface area contributed by atoms with Gasteiger partial charge in [0.15, 0.2) is 0 Å². The number of halogens is 1. The molecule has 1 aliphatic rings. The zero-order chi connectivity index (χ0) is 24.4. The SMILES string of the molecule is Cc1cc(C)cc(-c2cnc3cc(Cl)c(-c4cccc(O)c4)cc3c2OCC[C@H]2CCCCN2)c1. The number of aryl methyl sites for hydroxylation is 2. The molecule has 1 fully saturated rings. The largest absolute Gasteiger partial charge is 0.508 e. The van der Waals surface area contributed by atoms with Gasteiger partial charge in [0.2, 0.25) is 0 Å². The normalized spacial score (nSPS) is 15.9. The predicted molar refractivity (Wildman–Crippen MR) is 145 cm³/mol. The Balaban J connectivity index is 1.61. The van der Waals surface area contributed by atoms with Crippen molar-refractivity contribution in [1.29, 1.82) is 0 Å². The standard InChI is InChI=1S/C30H31ClN2O2/c1-19-12-20(2)14-22(13-19)27-18-33-29-17-28(31)25(21-6-5-8-24(34)15-21)16-26(29)30(27)35-11-9-23-7-3-4-10-32-23/h5-6,8,12-18,23,32,34H,3-4,7,9-11H2,1-2H3/t23-/m1/s1. The summed E-state index contributed by atoms with van der Waals surface area (Å²) in [5, 5.41) is 15.2. The van der Waals surface area contributed by atoms with Crippen molar-refractivity contribution >= 4 is 22.5 Å². The van der Waals surface area contributed by atoms with Gasteiger partial charge in [-0.3, -0.25) is 4.98 Å². The molecule has 1 aliphatic heterocycles. The second-order valence-corrected chi connectivity index (χ2v) is 9.97. The number of hydrogen-bond acceptors (Lipinski definition) is 4. The number of pyridine rings is 1. The van der Waals surface area contributed by atoms with E-state index < -0.39 is 0 Å². The first-order valence-corrected chi connectivity index (χ1v) is 12.7. The molecule has 1 saturated heterocycles. The molecule has 5 rings (SSSR count). The number of aromatic hydroxyl groups is 1. The number of phenolic OH excluding ortho intramolecular Hbond substituents is 1. The maximum atomic E-state index is 10.0. The number of ether oxygens (including phenoxy) is 1. The lowest BCUT2D eigenvalue weighted by Gasteiger charge is -2.24. The van der Waals surface area contributed by atoms with E-state index in [2.05, 4.69) is 37.4 Å². The summed E-state index contributed by atoms with van der Waals surface area (Å²) in [6.45, 7) is 5.93. The number of phenols is 1. The zero-order valence-corrected chi connectivity index (χ0v) is 21.0. The van der Waals surface area contributed by atoms with Crippen molar-refractivity contribution in [2.75, 3.05) is 13.2 Å². The number of fused-ring (bicyclic) bond motifs is 1. The van der Waals surface area contributed by atoms with E-state index in [1.807, 2.05) is 30.5 Å². The minimum atomic E-state index is 0.206. The minimum absolute atomic E-state index is 0.206. The quantitative estimate of drug-likeness (QED) is 0.297. The van der Waals surface area contributed by atoms with Gasteiger partial charge >= 0.3 is 0 Å². The molecule has 0 bridgehead atoms. The van der Waals surface area contributed by atoms with Crippen LogP contribution in [-0.2, 0) is 0 Å². The predicted octanol–water partition coefficient (Wildman–Crippen LogP) is 7.46. The number of nitrogens with one attached hydrogen (secondary N) is 1. The van der Waals surface area contributed by atoms with E-state index in [4.69, 9.17) is 21.3 Å². The molecule has 35 heavy (non-hydrogen) atoms. The number of hydrogen-bond donors (Lipinski definition) is 2. The summed E-state index contributed by atoms with van der Waals surface area (Å²) in [5.41, 5.74) is 6.96. The molecule has 0 amide bonds. The summed E-state index contributed by atoms with van der Waals surface area (Å²) in [6, 6.07) is 18.1. The van der Waals surface area contributed by atoms with Crippen LogP contribution >= 0.6 is 11.6 Å². The number of aromatic nitrogens is 1. The molecule has 0 saturated carbocycles. The lowest BCUT2D eigenvalue weighted by atomic mass is 9.97. The Bertz CT molecular complexity index is 1340. The van der Waals surface area contributed by atoms with Gasteiger partial charge in [0.05, 0.1) is 17.1 Å². The molecule has 180 valence electrons. The third kappa shape index (κ3) is 5.29. The molecule has 1 aromatic heterocycles. The van der Waals surface area contributed by atoms with Crippen LogP contribution in [0.25, 0.3) is 33.2 Å². The molecule has 0 aliphatic carbocycles. The van der Waals surface area contributed by atoms with Crippen LogP contribution < -0.4 is 10.1 Å². The molecule has 2 heterocycles. The monoisotopic (exact) mass is 486 g/mol. The van der Waals surface area contributed by atoms with Gasteiger partial charge in [0.25, 0.3) is 0 Å². The molecular formula is C30H31ClN2O2. The molecule has 2 N–H and O–H groups in total. The van der Waals surface area contributed by atoms with Crippen LogP contribution in [0.1, 0.15) is 36.8 Å². The Labute approximate surface area is 211 Å². The van der Waals surface area contributed by atoms with Gasteiger partial charge in [-0.25, -0.2) is 0 Å². The van der Waals surface area contributed by atoms with Crippen LogP contribution in [-0.4, -0.2) is 29.3 Å². The fourth-order valence-electron chi connectivity index (χ4n) is 5.05. The van der Waals surface area contributed by atoms with Gasteiger partial charge in [-0.05, 0) is 75.0 Å². The highest BCUT2D eigenvalue weighted by atomic mass is 35.5. The summed E-state index contributed by atoms with van der Waals surface area (Å²) >= 11 is 6.68. The van der Waals surface area contributed by atoms with Crippen molar-refractivity contribution < 1.29 is 9.84 Å². The summed E-state index contributed by atoms with van der Waals surface area (Å²) in [6.07, 6.45) is 6.58. The van der Waals surface area contributed by atoms with E-state index in [9.17, 15) is 5.11 Å². The van der Waals surface area contributed by atoms with Crippen LogP contribution in [0.5, 0.6) is 11.5 Å². The van der Waals surface area contributed by atoms with Gasteiger partial charge in [-0.2, -0.15) is 0 Å². The van der Waals surface area contributed by atoms with Gasteiger partial charge in [0, 0.05) is 28.8 Å². The maximum absolute atomic E-state index is 10.0. The van der Waals surface area contributed by atoms with E-state index in [1.165, 1.54) is 30.4 Å². The highest BCUT2D eigenvalue weighted by Gasteiger charge is 2.18. The molecule has 0 radical (unpaired) electrons. The first-order valence-electron chi connectivity index (χ1n) is 12.3. The zero-order valence-electron chi connectivity index (χ0n) is 20.3. The van der Waals surface area contributed by atoms with Gasteiger partial charge in [-0.15, -0.1) is 0 Å². The fraction of sp³-hybridized carbons (Fsp3) is 0.300. The molecular weight excluding hydrogens is 456 g/mol. The average molecular weight is 487 g/mol. The number of piperidine rings is 1. The summed E-state index contributed by atoms with van der Waals surface area (Å²) in [5.74, 6) is 1.03. The third-order valence-corrected chi connectivity index (χ3v) is 7.04. The Morgan fingerprint density at radius 1 is 1.00 bits per heavy atom. The van der Waals surface area contributed by atoms with E-state index in [1.54, 1.807) is 12.1 Å². The van der Waals surface area contributed by atoms with Crippen molar-refractivity contribution in [3.63, 3.8) is 0 Å².